The molecule has 1 heterocycles. The van der Waals surface area contributed by atoms with Crippen LogP contribution in [-0.2, 0) is 13.0 Å². The van der Waals surface area contributed by atoms with Crippen LogP contribution >= 0.6 is 0 Å². The van der Waals surface area contributed by atoms with E-state index in [0.29, 0.717) is 18.0 Å². The number of nitrogens with one attached hydrogen (secondary N) is 2. The number of anilines is 3. The normalized spacial score (nSPS) is 12.3. The van der Waals surface area contributed by atoms with Crippen molar-refractivity contribution >= 4 is 23.1 Å². The summed E-state index contributed by atoms with van der Waals surface area (Å²) in [6, 6.07) is 21.7. The summed E-state index contributed by atoms with van der Waals surface area (Å²) in [4.78, 5) is 14.6. The second-order valence-corrected chi connectivity index (χ2v) is 7.04. The number of amides is 2. The van der Waals surface area contributed by atoms with E-state index in [0.717, 1.165) is 29.9 Å². The van der Waals surface area contributed by atoms with E-state index in [1.54, 1.807) is 14.2 Å². The zero-order valence-corrected chi connectivity index (χ0v) is 17.1. The molecule has 3 aromatic carbocycles. The van der Waals surface area contributed by atoms with E-state index in [2.05, 4.69) is 39.8 Å². The van der Waals surface area contributed by atoms with Crippen LogP contribution < -0.4 is 25.0 Å². The van der Waals surface area contributed by atoms with Gasteiger partial charge in [-0.15, -0.1) is 0 Å². The Morgan fingerprint density at radius 2 is 1.77 bits per heavy atom. The van der Waals surface area contributed by atoms with Gasteiger partial charge in [0.2, 0.25) is 0 Å². The van der Waals surface area contributed by atoms with Crippen LogP contribution in [-0.4, -0.2) is 26.8 Å². The molecular formula is C24H25N3O3. The summed E-state index contributed by atoms with van der Waals surface area (Å²) in [5, 5.41) is 5.73. The van der Waals surface area contributed by atoms with Crippen molar-refractivity contribution in [2.75, 3.05) is 31.0 Å². The fourth-order valence-electron chi connectivity index (χ4n) is 3.77. The molecule has 0 bridgehead atoms. The lowest BCUT2D eigenvalue weighted by Crippen LogP contribution is -2.28. The van der Waals surface area contributed by atoms with Crippen LogP contribution in [0.5, 0.6) is 11.5 Å². The third-order valence-corrected chi connectivity index (χ3v) is 5.25. The number of para-hydroxylation sites is 2. The summed E-state index contributed by atoms with van der Waals surface area (Å²) in [5.74, 6) is 1.26. The van der Waals surface area contributed by atoms with Crippen LogP contribution in [0.1, 0.15) is 11.1 Å². The number of urea groups is 1. The van der Waals surface area contributed by atoms with Gasteiger partial charge in [0.25, 0.3) is 0 Å². The zero-order valence-electron chi connectivity index (χ0n) is 17.1. The molecule has 2 N–H and O–H groups in total. The minimum absolute atomic E-state index is 0.279. The fourth-order valence-corrected chi connectivity index (χ4v) is 3.77. The van der Waals surface area contributed by atoms with Gasteiger partial charge in [-0.05, 0) is 48.4 Å². The van der Waals surface area contributed by atoms with Crippen LogP contribution in [0.25, 0.3) is 0 Å². The number of carbonyl (C=O) groups is 1. The Bertz CT molecular complexity index is 1030. The van der Waals surface area contributed by atoms with Crippen LogP contribution in [0.2, 0.25) is 0 Å². The molecule has 0 fully saturated rings. The lowest BCUT2D eigenvalue weighted by Gasteiger charge is -2.20. The molecule has 0 atom stereocenters. The predicted octanol–water partition coefficient (Wildman–Crippen LogP) is 4.72. The van der Waals surface area contributed by atoms with E-state index in [4.69, 9.17) is 9.47 Å². The largest absolute Gasteiger partial charge is 0.493 e. The van der Waals surface area contributed by atoms with E-state index in [1.807, 2.05) is 42.5 Å². The van der Waals surface area contributed by atoms with Gasteiger partial charge in [-0.3, -0.25) is 0 Å². The van der Waals surface area contributed by atoms with Gasteiger partial charge in [0.05, 0.1) is 14.2 Å². The Kier molecular flexibility index (Phi) is 5.75. The average Bonchev–Trinajstić information content (AvgIpc) is 3.22. The monoisotopic (exact) mass is 403 g/mol. The highest BCUT2D eigenvalue weighted by molar-refractivity contribution is 5.89. The SMILES string of the molecule is COc1cccc(CNC(=O)Nc2ccc(N3CCc4ccccc43)cc2)c1OC. The predicted molar refractivity (Wildman–Crippen MR) is 119 cm³/mol. The maximum absolute atomic E-state index is 12.3. The molecule has 1 aliphatic heterocycles. The van der Waals surface area contributed by atoms with Crippen LogP contribution in [0.15, 0.2) is 66.7 Å². The summed E-state index contributed by atoms with van der Waals surface area (Å²) in [7, 11) is 3.17. The minimum atomic E-state index is -0.279. The Morgan fingerprint density at radius 3 is 2.53 bits per heavy atom. The lowest BCUT2D eigenvalue weighted by molar-refractivity contribution is 0.251. The number of carbonyl (C=O) groups excluding carboxylic acids is 1. The van der Waals surface area contributed by atoms with Crippen molar-refractivity contribution in [3.05, 3.63) is 77.9 Å². The van der Waals surface area contributed by atoms with Gasteiger partial charge in [-0.25, -0.2) is 4.79 Å². The third-order valence-electron chi connectivity index (χ3n) is 5.25. The number of rotatable bonds is 6. The molecule has 0 aliphatic carbocycles. The summed E-state index contributed by atoms with van der Waals surface area (Å²) in [6.07, 6.45) is 1.05. The molecule has 6 heteroatoms. The number of fused-ring (bicyclic) bond motifs is 1. The molecule has 154 valence electrons. The van der Waals surface area contributed by atoms with Gasteiger partial charge in [0.15, 0.2) is 11.5 Å². The van der Waals surface area contributed by atoms with E-state index in [1.165, 1.54) is 11.3 Å². The van der Waals surface area contributed by atoms with Gasteiger partial charge in [0, 0.05) is 35.7 Å². The highest BCUT2D eigenvalue weighted by atomic mass is 16.5. The Labute approximate surface area is 176 Å². The number of hydrogen-bond acceptors (Lipinski definition) is 4. The van der Waals surface area contributed by atoms with Crippen molar-refractivity contribution in [2.45, 2.75) is 13.0 Å². The molecule has 0 unspecified atom stereocenters. The number of benzene rings is 3. The molecule has 30 heavy (non-hydrogen) atoms. The summed E-state index contributed by atoms with van der Waals surface area (Å²) in [6.45, 7) is 1.30. The van der Waals surface area contributed by atoms with E-state index >= 15 is 0 Å². The summed E-state index contributed by atoms with van der Waals surface area (Å²) < 4.78 is 10.7. The fraction of sp³-hybridized carbons (Fsp3) is 0.208. The molecular weight excluding hydrogens is 378 g/mol. The Hall–Kier alpha value is -3.67. The molecule has 2 amide bonds. The Morgan fingerprint density at radius 1 is 0.967 bits per heavy atom. The zero-order chi connectivity index (χ0) is 20.9. The van der Waals surface area contributed by atoms with Crippen LogP contribution in [0, 0.1) is 0 Å². The topological polar surface area (TPSA) is 62.8 Å². The van der Waals surface area contributed by atoms with Crippen molar-refractivity contribution in [1.82, 2.24) is 5.32 Å². The van der Waals surface area contributed by atoms with Crippen molar-refractivity contribution in [3.8, 4) is 11.5 Å². The quantitative estimate of drug-likeness (QED) is 0.625. The smallest absolute Gasteiger partial charge is 0.319 e. The first-order valence-corrected chi connectivity index (χ1v) is 9.90. The second-order valence-electron chi connectivity index (χ2n) is 7.04. The molecule has 1 aliphatic rings. The van der Waals surface area contributed by atoms with Gasteiger partial charge >= 0.3 is 6.03 Å². The van der Waals surface area contributed by atoms with Gasteiger partial charge in [-0.2, -0.15) is 0 Å². The third kappa shape index (κ3) is 4.03. The standard InChI is InChI=1S/C24H25N3O3/c1-29-22-9-5-7-18(23(22)30-2)16-25-24(28)26-19-10-12-20(13-11-19)27-15-14-17-6-3-4-8-21(17)27/h3-13H,14-16H2,1-2H3,(H2,25,26,28). The van der Waals surface area contributed by atoms with E-state index in [9.17, 15) is 4.79 Å². The molecule has 0 radical (unpaired) electrons. The van der Waals surface area contributed by atoms with Gasteiger partial charge in [-0.1, -0.05) is 30.3 Å². The van der Waals surface area contributed by atoms with Crippen LogP contribution in [0.3, 0.4) is 0 Å². The summed E-state index contributed by atoms with van der Waals surface area (Å²) in [5.41, 5.74) is 5.32. The first kappa shape index (κ1) is 19.6. The van der Waals surface area contributed by atoms with Gasteiger partial charge < -0.3 is 25.0 Å². The van der Waals surface area contributed by atoms with Crippen LogP contribution in [0.4, 0.5) is 21.9 Å². The highest BCUT2D eigenvalue weighted by Crippen LogP contribution is 2.34. The number of nitrogens with zero attached hydrogens (tertiary/aromatic N) is 1. The molecule has 6 nitrogen and oxygen atoms in total. The van der Waals surface area contributed by atoms with Gasteiger partial charge in [0.1, 0.15) is 0 Å². The van der Waals surface area contributed by atoms with Crippen molar-refractivity contribution in [1.29, 1.82) is 0 Å². The van der Waals surface area contributed by atoms with Crippen molar-refractivity contribution in [3.63, 3.8) is 0 Å². The first-order chi connectivity index (χ1) is 14.7. The lowest BCUT2D eigenvalue weighted by atomic mass is 10.2. The number of hydrogen-bond donors (Lipinski definition) is 2. The molecule has 0 aromatic heterocycles. The maximum Gasteiger partial charge on any atom is 0.319 e. The highest BCUT2D eigenvalue weighted by Gasteiger charge is 2.19. The molecule has 0 spiro atoms. The summed E-state index contributed by atoms with van der Waals surface area (Å²) >= 11 is 0. The number of ether oxygens (including phenoxy) is 2. The van der Waals surface area contributed by atoms with E-state index in [-0.39, 0.29) is 6.03 Å². The Balaban J connectivity index is 1.37. The second kappa shape index (κ2) is 8.78. The van der Waals surface area contributed by atoms with Crippen molar-refractivity contribution < 1.29 is 14.3 Å². The average molecular weight is 403 g/mol. The molecule has 4 rings (SSSR count). The first-order valence-electron chi connectivity index (χ1n) is 9.90. The van der Waals surface area contributed by atoms with E-state index < -0.39 is 0 Å². The maximum atomic E-state index is 12.3. The minimum Gasteiger partial charge on any atom is -0.493 e. The molecule has 3 aromatic rings. The molecule has 0 saturated heterocycles. The molecule has 0 saturated carbocycles. The van der Waals surface area contributed by atoms with Crippen molar-refractivity contribution in [2.24, 2.45) is 0 Å². The number of methoxy groups -OCH3 is 2.